The van der Waals surface area contributed by atoms with Gasteiger partial charge in [-0.1, -0.05) is 6.92 Å². The van der Waals surface area contributed by atoms with Crippen LogP contribution in [0, 0.1) is 0 Å². The van der Waals surface area contributed by atoms with Gasteiger partial charge < -0.3 is 18.0 Å². The fraction of sp³-hybridized carbons (Fsp3) is 1.00. The molecule has 0 aliphatic carbocycles. The van der Waals surface area contributed by atoms with Crippen molar-refractivity contribution in [3.05, 3.63) is 0 Å². The Labute approximate surface area is 98.6 Å². The predicted molar refractivity (Wildman–Crippen MR) is 62.3 cm³/mol. The molecule has 0 amide bonds. The third kappa shape index (κ3) is 2.19. The van der Waals surface area contributed by atoms with E-state index < -0.39 is 8.80 Å². The van der Waals surface area contributed by atoms with Gasteiger partial charge in [-0.05, 0) is 25.7 Å². The van der Waals surface area contributed by atoms with E-state index in [9.17, 15) is 0 Å². The van der Waals surface area contributed by atoms with Gasteiger partial charge in [0, 0.05) is 20.3 Å². The minimum Gasteiger partial charge on any atom is -0.377 e. The highest BCUT2D eigenvalue weighted by molar-refractivity contribution is 6.60. The summed E-state index contributed by atoms with van der Waals surface area (Å²) in [5, 5.41) is 0. The van der Waals surface area contributed by atoms with Gasteiger partial charge in [-0.2, -0.15) is 0 Å². The Morgan fingerprint density at radius 1 is 1.25 bits per heavy atom. The maximum Gasteiger partial charge on any atom is 0.500 e. The van der Waals surface area contributed by atoms with E-state index in [1.54, 1.807) is 14.2 Å². The second-order valence-electron chi connectivity index (χ2n) is 4.73. The quantitative estimate of drug-likeness (QED) is 0.671. The van der Waals surface area contributed by atoms with Crippen LogP contribution in [-0.4, -0.2) is 41.3 Å². The molecule has 0 aromatic heterocycles. The van der Waals surface area contributed by atoms with Crippen molar-refractivity contribution in [2.45, 2.75) is 50.4 Å². The molecule has 0 aromatic rings. The largest absolute Gasteiger partial charge is 0.500 e. The van der Waals surface area contributed by atoms with Crippen LogP contribution in [0.1, 0.15) is 32.6 Å². The molecular formula is C11H22O4Si. The van der Waals surface area contributed by atoms with Crippen LogP contribution in [0.2, 0.25) is 6.04 Å². The van der Waals surface area contributed by atoms with Crippen molar-refractivity contribution < 1.29 is 18.0 Å². The minimum absolute atomic E-state index is 0.0326. The monoisotopic (exact) mass is 246 g/mol. The maximum absolute atomic E-state index is 5.97. The summed E-state index contributed by atoms with van der Waals surface area (Å²) >= 11 is 0. The van der Waals surface area contributed by atoms with Crippen molar-refractivity contribution in [1.82, 2.24) is 0 Å². The number of fused-ring (bicyclic) bond motifs is 2. The summed E-state index contributed by atoms with van der Waals surface area (Å²) in [4.78, 5) is 0. The third-order valence-corrected chi connectivity index (χ3v) is 6.56. The number of ether oxygens (including phenoxy) is 1. The number of hydrogen-bond donors (Lipinski definition) is 0. The standard InChI is InChI=1S/C11H22O4Si/c1-4-16(12-2,13-3)14-9-11-7-5-10(15-11)6-8-11/h10H,4-9H2,1-3H3. The first-order valence-electron chi connectivity index (χ1n) is 6.10. The Balaban J connectivity index is 1.90. The van der Waals surface area contributed by atoms with Crippen molar-refractivity contribution in [2.24, 2.45) is 0 Å². The molecule has 2 aliphatic rings. The Morgan fingerprint density at radius 3 is 2.25 bits per heavy atom. The maximum atomic E-state index is 5.97. The number of hydrogen-bond acceptors (Lipinski definition) is 4. The summed E-state index contributed by atoms with van der Waals surface area (Å²) in [6.45, 7) is 2.68. The lowest BCUT2D eigenvalue weighted by Gasteiger charge is -2.31. The van der Waals surface area contributed by atoms with Gasteiger partial charge in [0.2, 0.25) is 0 Å². The van der Waals surface area contributed by atoms with Crippen molar-refractivity contribution in [3.63, 3.8) is 0 Å². The first kappa shape index (κ1) is 12.5. The highest BCUT2D eigenvalue weighted by Gasteiger charge is 2.49. The Kier molecular flexibility index (Phi) is 3.71. The lowest BCUT2D eigenvalue weighted by atomic mass is 9.89. The fourth-order valence-corrected chi connectivity index (χ4v) is 4.39. The molecule has 0 spiro atoms. The highest BCUT2D eigenvalue weighted by atomic mass is 28.4. The molecule has 0 aromatic carbocycles. The molecule has 0 saturated carbocycles. The van der Waals surface area contributed by atoms with Crippen LogP contribution in [0.15, 0.2) is 0 Å². The van der Waals surface area contributed by atoms with Crippen LogP contribution in [0.5, 0.6) is 0 Å². The van der Waals surface area contributed by atoms with E-state index in [4.69, 9.17) is 18.0 Å². The molecule has 0 N–H and O–H groups in total. The minimum atomic E-state index is -2.41. The van der Waals surface area contributed by atoms with E-state index in [1.165, 1.54) is 12.8 Å². The predicted octanol–water partition coefficient (Wildman–Crippen LogP) is 1.97. The Morgan fingerprint density at radius 2 is 1.88 bits per heavy atom. The first-order valence-corrected chi connectivity index (χ1v) is 8.03. The van der Waals surface area contributed by atoms with Crippen LogP contribution < -0.4 is 0 Å². The molecule has 94 valence electrons. The average molecular weight is 246 g/mol. The van der Waals surface area contributed by atoms with Gasteiger partial charge >= 0.3 is 8.80 Å². The Bertz CT molecular complexity index is 224. The second kappa shape index (κ2) is 4.74. The van der Waals surface area contributed by atoms with E-state index >= 15 is 0 Å². The van der Waals surface area contributed by atoms with Gasteiger partial charge in [-0.25, -0.2) is 0 Å². The van der Waals surface area contributed by atoms with Crippen LogP contribution in [0.4, 0.5) is 0 Å². The number of rotatable bonds is 6. The lowest BCUT2D eigenvalue weighted by molar-refractivity contribution is -0.0412. The molecule has 5 heteroatoms. The zero-order chi connectivity index (χ0) is 11.6. The summed E-state index contributed by atoms with van der Waals surface area (Å²) in [6, 6.07) is 0.805. The van der Waals surface area contributed by atoms with Crippen LogP contribution >= 0.6 is 0 Å². The summed E-state index contributed by atoms with van der Waals surface area (Å²) in [7, 11) is 0.931. The molecule has 0 radical (unpaired) electrons. The van der Waals surface area contributed by atoms with Crippen LogP contribution in [0.25, 0.3) is 0 Å². The SMILES string of the molecule is CC[Si](OC)(OC)OCC12CCC(CC1)O2. The summed E-state index contributed by atoms with van der Waals surface area (Å²) in [5.74, 6) is 0. The van der Waals surface area contributed by atoms with E-state index in [1.807, 2.05) is 6.92 Å². The molecule has 2 saturated heterocycles. The Hall–Kier alpha value is 0.0569. The topological polar surface area (TPSA) is 36.9 Å². The summed E-state index contributed by atoms with van der Waals surface area (Å²) in [5.41, 5.74) is -0.0326. The summed E-state index contributed by atoms with van der Waals surface area (Å²) in [6.07, 6.45) is 5.10. The molecule has 0 unspecified atom stereocenters. The summed E-state index contributed by atoms with van der Waals surface area (Å²) < 4.78 is 22.8. The van der Waals surface area contributed by atoms with Crippen molar-refractivity contribution in [1.29, 1.82) is 0 Å². The first-order chi connectivity index (χ1) is 7.67. The molecule has 4 nitrogen and oxygen atoms in total. The van der Waals surface area contributed by atoms with Gasteiger partial charge in [0.1, 0.15) is 0 Å². The van der Waals surface area contributed by atoms with Crippen LogP contribution in [-0.2, 0) is 18.0 Å². The van der Waals surface area contributed by atoms with E-state index in [-0.39, 0.29) is 5.60 Å². The second-order valence-corrected chi connectivity index (χ2v) is 7.91. The van der Waals surface area contributed by atoms with Crippen LogP contribution in [0.3, 0.4) is 0 Å². The van der Waals surface area contributed by atoms with E-state index in [2.05, 4.69) is 0 Å². The van der Waals surface area contributed by atoms with Gasteiger partial charge in [-0.3, -0.25) is 0 Å². The normalized spacial score (nSPS) is 33.6. The van der Waals surface area contributed by atoms with E-state index in [0.717, 1.165) is 18.9 Å². The zero-order valence-corrected chi connectivity index (χ0v) is 11.5. The van der Waals surface area contributed by atoms with Gasteiger partial charge in [0.25, 0.3) is 0 Å². The molecule has 2 fully saturated rings. The average Bonchev–Trinajstić information content (AvgIpc) is 2.92. The van der Waals surface area contributed by atoms with Crippen molar-refractivity contribution in [3.8, 4) is 0 Å². The highest BCUT2D eigenvalue weighted by Crippen LogP contribution is 2.44. The molecular weight excluding hydrogens is 224 g/mol. The molecule has 0 atom stereocenters. The smallest absolute Gasteiger partial charge is 0.377 e. The molecule has 2 bridgehead atoms. The van der Waals surface area contributed by atoms with Crippen molar-refractivity contribution >= 4 is 8.80 Å². The lowest BCUT2D eigenvalue weighted by Crippen LogP contribution is -2.47. The third-order valence-electron chi connectivity index (χ3n) is 3.87. The molecule has 2 rings (SSSR count). The zero-order valence-electron chi connectivity index (χ0n) is 10.5. The molecule has 2 heterocycles. The van der Waals surface area contributed by atoms with Crippen molar-refractivity contribution in [2.75, 3.05) is 20.8 Å². The van der Waals surface area contributed by atoms with Gasteiger partial charge in [-0.15, -0.1) is 0 Å². The fourth-order valence-electron chi connectivity index (χ4n) is 2.72. The van der Waals surface area contributed by atoms with Gasteiger partial charge in [0.05, 0.1) is 18.3 Å². The van der Waals surface area contributed by atoms with E-state index in [0.29, 0.717) is 12.7 Å². The van der Waals surface area contributed by atoms with Gasteiger partial charge in [0.15, 0.2) is 0 Å². The molecule has 2 aliphatic heterocycles. The molecule has 16 heavy (non-hydrogen) atoms.